The summed E-state index contributed by atoms with van der Waals surface area (Å²) in [5.74, 6) is -0.891. The van der Waals surface area contributed by atoms with Gasteiger partial charge < -0.3 is 19.8 Å². The zero-order valence-corrected chi connectivity index (χ0v) is 14.5. The number of rotatable bonds is 3. The summed E-state index contributed by atoms with van der Waals surface area (Å²) >= 11 is 5.92. The van der Waals surface area contributed by atoms with Gasteiger partial charge in [0, 0.05) is 39.7 Å². The summed E-state index contributed by atoms with van der Waals surface area (Å²) in [6, 6.07) is 1.47. The van der Waals surface area contributed by atoms with Gasteiger partial charge >= 0.3 is 0 Å². The van der Waals surface area contributed by atoms with E-state index in [1.165, 1.54) is 35.5 Å². The number of amides is 1. The molecule has 2 N–H and O–H groups in total. The molecule has 0 aliphatic heterocycles. The lowest BCUT2D eigenvalue weighted by Gasteiger charge is -2.10. The van der Waals surface area contributed by atoms with Crippen LogP contribution in [0.2, 0.25) is 5.15 Å². The van der Waals surface area contributed by atoms with Crippen LogP contribution in [0.25, 0.3) is 10.9 Å². The second-order valence-electron chi connectivity index (χ2n) is 5.53. The van der Waals surface area contributed by atoms with Crippen molar-refractivity contribution in [3.05, 3.63) is 51.5 Å². The van der Waals surface area contributed by atoms with Crippen molar-refractivity contribution in [2.45, 2.75) is 0 Å². The van der Waals surface area contributed by atoms with E-state index in [9.17, 15) is 14.0 Å². The topological polar surface area (TPSA) is 81.0 Å². The fourth-order valence-corrected chi connectivity index (χ4v) is 2.84. The summed E-state index contributed by atoms with van der Waals surface area (Å²) in [7, 11) is 4.60. The highest BCUT2D eigenvalue weighted by atomic mass is 35.5. The third kappa shape index (κ3) is 2.85. The number of hydrogen-bond donors (Lipinski definition) is 2. The van der Waals surface area contributed by atoms with Crippen LogP contribution in [0.15, 0.2) is 29.5 Å². The molecule has 3 rings (SSSR count). The van der Waals surface area contributed by atoms with Gasteiger partial charge in [-0.1, -0.05) is 11.6 Å². The minimum atomic E-state index is -0.521. The molecule has 0 saturated heterocycles. The summed E-state index contributed by atoms with van der Waals surface area (Å²) in [6.45, 7) is 0. The van der Waals surface area contributed by atoms with Crippen LogP contribution >= 0.6 is 11.6 Å². The Morgan fingerprint density at radius 3 is 2.64 bits per heavy atom. The maximum atomic E-state index is 14.3. The first kappa shape index (κ1) is 17.0. The highest BCUT2D eigenvalue weighted by molar-refractivity contribution is 6.29. The molecule has 3 aromatic heterocycles. The number of aromatic nitrogens is 3. The summed E-state index contributed by atoms with van der Waals surface area (Å²) in [5, 5.41) is 5.86. The first-order valence-electron chi connectivity index (χ1n) is 7.32. The Morgan fingerprint density at radius 2 is 1.96 bits per heavy atom. The fraction of sp³-hybridized carbons (Fsp3) is 0.188. The molecule has 0 spiro atoms. The van der Waals surface area contributed by atoms with Gasteiger partial charge in [-0.2, -0.15) is 0 Å². The number of fused-ring (bicyclic) bond motifs is 1. The zero-order chi connectivity index (χ0) is 18.3. The Hall–Kier alpha value is -2.87. The van der Waals surface area contributed by atoms with Gasteiger partial charge in [-0.15, -0.1) is 0 Å². The monoisotopic (exact) mass is 363 g/mol. The number of carbonyl (C=O) groups excluding carboxylic acids is 1. The van der Waals surface area contributed by atoms with Crippen LogP contribution in [-0.4, -0.2) is 27.1 Å². The Kier molecular flexibility index (Phi) is 4.22. The van der Waals surface area contributed by atoms with E-state index in [1.54, 1.807) is 13.2 Å². The third-order valence-corrected chi connectivity index (χ3v) is 4.07. The lowest BCUT2D eigenvalue weighted by molar-refractivity contribution is 0.0963. The van der Waals surface area contributed by atoms with Crippen LogP contribution in [0.3, 0.4) is 0 Å². The van der Waals surface area contributed by atoms with Gasteiger partial charge in [0.1, 0.15) is 5.15 Å². The standard InChI is InChI=1S/C16H15ClFN5O2/c1-19-15(24)8-5-20-12(17)4-10(8)21-11-7-22(2)14-9(18)6-23(3)16(25)13(11)14/h4-7H,1-3H3,(H,19,24)(H,20,21). The zero-order valence-electron chi connectivity index (χ0n) is 13.7. The Labute approximate surface area is 147 Å². The van der Waals surface area contributed by atoms with Crippen molar-refractivity contribution in [2.24, 2.45) is 14.1 Å². The number of nitrogens with zero attached hydrogens (tertiary/aromatic N) is 3. The van der Waals surface area contributed by atoms with Crippen LogP contribution < -0.4 is 16.2 Å². The van der Waals surface area contributed by atoms with Crippen LogP contribution in [0.4, 0.5) is 15.8 Å². The average molecular weight is 364 g/mol. The Bertz CT molecular complexity index is 1060. The van der Waals surface area contributed by atoms with E-state index < -0.39 is 5.82 Å². The minimum Gasteiger partial charge on any atom is -0.355 e. The number of hydrogen-bond acceptors (Lipinski definition) is 4. The Balaban J connectivity index is 2.22. The number of carbonyl (C=O) groups is 1. The lowest BCUT2D eigenvalue weighted by Crippen LogP contribution is -2.20. The van der Waals surface area contributed by atoms with E-state index >= 15 is 0 Å². The largest absolute Gasteiger partial charge is 0.355 e. The first-order valence-corrected chi connectivity index (χ1v) is 7.70. The normalized spacial score (nSPS) is 10.9. The van der Waals surface area contributed by atoms with Crippen molar-refractivity contribution in [3.8, 4) is 0 Å². The van der Waals surface area contributed by atoms with Crippen LogP contribution in [0.5, 0.6) is 0 Å². The molecule has 130 valence electrons. The maximum Gasteiger partial charge on any atom is 0.262 e. The summed E-state index contributed by atoms with van der Waals surface area (Å²) in [6.07, 6.45) is 4.04. The van der Waals surface area contributed by atoms with Gasteiger partial charge in [-0.05, 0) is 6.07 Å². The molecule has 3 heterocycles. The number of aryl methyl sites for hydroxylation is 2. The number of anilines is 2. The van der Waals surface area contributed by atoms with E-state index in [2.05, 4.69) is 15.6 Å². The number of halogens is 2. The molecule has 0 aliphatic rings. The smallest absolute Gasteiger partial charge is 0.262 e. The molecule has 3 aromatic rings. The summed E-state index contributed by atoms with van der Waals surface area (Å²) in [5.41, 5.74) is 0.786. The average Bonchev–Trinajstić information content (AvgIpc) is 2.89. The van der Waals surface area contributed by atoms with Gasteiger partial charge in [-0.3, -0.25) is 9.59 Å². The van der Waals surface area contributed by atoms with Crippen LogP contribution in [-0.2, 0) is 14.1 Å². The molecule has 7 nitrogen and oxygen atoms in total. The third-order valence-electron chi connectivity index (χ3n) is 3.86. The molecule has 1 amide bonds. The van der Waals surface area contributed by atoms with Gasteiger partial charge in [-0.25, -0.2) is 9.37 Å². The van der Waals surface area contributed by atoms with Crippen LogP contribution in [0.1, 0.15) is 10.4 Å². The molecular weight excluding hydrogens is 349 g/mol. The molecule has 0 aliphatic carbocycles. The van der Waals surface area contributed by atoms with Crippen molar-refractivity contribution in [2.75, 3.05) is 12.4 Å². The molecule has 0 saturated carbocycles. The molecule has 0 unspecified atom stereocenters. The highest BCUT2D eigenvalue weighted by Crippen LogP contribution is 2.29. The molecule has 0 bridgehead atoms. The van der Waals surface area contributed by atoms with Gasteiger partial charge in [0.25, 0.3) is 11.5 Å². The number of pyridine rings is 2. The van der Waals surface area contributed by atoms with Gasteiger partial charge in [0.15, 0.2) is 5.82 Å². The highest BCUT2D eigenvalue weighted by Gasteiger charge is 2.18. The SMILES string of the molecule is CNC(=O)c1cnc(Cl)cc1Nc1cn(C)c2c(F)cn(C)c(=O)c12. The van der Waals surface area contributed by atoms with E-state index in [-0.39, 0.29) is 33.1 Å². The second-order valence-corrected chi connectivity index (χ2v) is 5.91. The van der Waals surface area contributed by atoms with Crippen molar-refractivity contribution in [1.29, 1.82) is 0 Å². The predicted molar refractivity (Wildman–Crippen MR) is 94.0 cm³/mol. The summed E-state index contributed by atoms with van der Waals surface area (Å²) in [4.78, 5) is 28.4. The molecular formula is C16H15ClFN5O2. The fourth-order valence-electron chi connectivity index (χ4n) is 2.69. The number of nitrogens with one attached hydrogen (secondary N) is 2. The first-order chi connectivity index (χ1) is 11.8. The van der Waals surface area contributed by atoms with Crippen molar-refractivity contribution in [3.63, 3.8) is 0 Å². The van der Waals surface area contributed by atoms with Crippen molar-refractivity contribution >= 4 is 39.8 Å². The second kappa shape index (κ2) is 6.21. The molecule has 25 heavy (non-hydrogen) atoms. The van der Waals surface area contributed by atoms with E-state index in [0.29, 0.717) is 11.4 Å². The minimum absolute atomic E-state index is 0.173. The summed E-state index contributed by atoms with van der Waals surface area (Å²) < 4.78 is 16.9. The van der Waals surface area contributed by atoms with E-state index in [4.69, 9.17) is 11.6 Å². The van der Waals surface area contributed by atoms with Crippen molar-refractivity contribution < 1.29 is 9.18 Å². The quantitative estimate of drug-likeness (QED) is 0.699. The van der Waals surface area contributed by atoms with Gasteiger partial charge in [0.05, 0.1) is 27.8 Å². The van der Waals surface area contributed by atoms with Crippen molar-refractivity contribution in [1.82, 2.24) is 19.4 Å². The molecule has 0 atom stereocenters. The molecule has 0 radical (unpaired) electrons. The van der Waals surface area contributed by atoms with E-state index in [1.807, 2.05) is 0 Å². The lowest BCUT2D eigenvalue weighted by atomic mass is 10.2. The maximum absolute atomic E-state index is 14.3. The van der Waals surface area contributed by atoms with Crippen LogP contribution in [0, 0.1) is 5.82 Å². The molecule has 0 fully saturated rings. The predicted octanol–water partition coefficient (Wildman–Crippen LogP) is 2.17. The molecule has 0 aromatic carbocycles. The Morgan fingerprint density at radius 1 is 1.24 bits per heavy atom. The molecule has 9 heteroatoms. The van der Waals surface area contributed by atoms with Gasteiger partial charge in [0.2, 0.25) is 0 Å². The van der Waals surface area contributed by atoms with E-state index in [0.717, 1.165) is 6.20 Å².